The molecule has 2 atom stereocenters. The van der Waals surface area contributed by atoms with Crippen LogP contribution in [0.25, 0.3) is 11.1 Å². The Bertz CT molecular complexity index is 811. The number of quaternary nitrogens is 1. The molecule has 1 fully saturated rings. The number of fused-ring (bicyclic) bond motifs is 2. The molecule has 0 aliphatic carbocycles. The summed E-state index contributed by atoms with van der Waals surface area (Å²) >= 11 is 0. The summed E-state index contributed by atoms with van der Waals surface area (Å²) in [5.41, 5.74) is 2.84. The summed E-state index contributed by atoms with van der Waals surface area (Å²) in [4.78, 5) is 12.5. The van der Waals surface area contributed by atoms with Crippen LogP contribution in [0.3, 0.4) is 0 Å². The Morgan fingerprint density at radius 1 is 0.962 bits per heavy atom. The molecule has 0 saturated carbocycles. The average molecular weight is 349 g/mol. The molecule has 4 heteroatoms. The molecule has 0 radical (unpaired) electrons. The van der Waals surface area contributed by atoms with Crippen molar-refractivity contribution in [1.29, 1.82) is 0 Å². The lowest BCUT2D eigenvalue weighted by Crippen LogP contribution is -2.57. The third-order valence-corrected chi connectivity index (χ3v) is 5.80. The Kier molecular flexibility index (Phi) is 4.29. The standard InChI is InChI=1S/C22H24N2O2/c1-24(2)17-12-13-18(24)15-19(14-17)26-22(25)23-21-11-7-6-10-20(21)16-8-4-3-5-9-16/h3-13,17-19H,14-15H2,1-2H3/p+1. The van der Waals surface area contributed by atoms with E-state index in [1.165, 1.54) is 0 Å². The van der Waals surface area contributed by atoms with Crippen LogP contribution >= 0.6 is 0 Å². The first-order chi connectivity index (χ1) is 12.5. The lowest BCUT2D eigenvalue weighted by molar-refractivity contribution is -0.926. The van der Waals surface area contributed by atoms with Crippen molar-refractivity contribution >= 4 is 11.8 Å². The van der Waals surface area contributed by atoms with Gasteiger partial charge in [-0.2, -0.15) is 0 Å². The number of hydrogen-bond donors (Lipinski definition) is 1. The molecule has 2 unspecified atom stereocenters. The summed E-state index contributed by atoms with van der Waals surface area (Å²) in [5.74, 6) is 0. The Labute approximate surface area is 154 Å². The SMILES string of the molecule is C[N+]1(C)C2C=CC1CC(OC(=O)Nc1ccccc1-c1ccccc1)C2. The van der Waals surface area contributed by atoms with Gasteiger partial charge in [0.2, 0.25) is 0 Å². The number of ether oxygens (including phenoxy) is 1. The summed E-state index contributed by atoms with van der Waals surface area (Å²) in [6, 6.07) is 18.7. The minimum absolute atomic E-state index is 0.0324. The maximum absolute atomic E-state index is 12.5. The highest BCUT2D eigenvalue weighted by Crippen LogP contribution is 2.36. The van der Waals surface area contributed by atoms with Gasteiger partial charge in [-0.3, -0.25) is 5.32 Å². The molecule has 0 aromatic heterocycles. The van der Waals surface area contributed by atoms with E-state index in [1.807, 2.05) is 54.6 Å². The van der Waals surface area contributed by atoms with Crippen LogP contribution in [-0.2, 0) is 4.74 Å². The van der Waals surface area contributed by atoms with Gasteiger partial charge in [-0.05, 0) is 23.8 Å². The summed E-state index contributed by atoms with van der Waals surface area (Å²) in [7, 11) is 4.50. The summed E-state index contributed by atoms with van der Waals surface area (Å²) in [5, 5.41) is 2.94. The van der Waals surface area contributed by atoms with E-state index in [1.54, 1.807) is 0 Å². The van der Waals surface area contributed by atoms with Gasteiger partial charge in [-0.1, -0.05) is 48.5 Å². The molecular formula is C22H25N2O2+. The Balaban J connectivity index is 1.44. The number of rotatable bonds is 3. The molecule has 2 aliphatic rings. The molecule has 134 valence electrons. The van der Waals surface area contributed by atoms with Gasteiger partial charge in [0.05, 0.1) is 19.8 Å². The van der Waals surface area contributed by atoms with Gasteiger partial charge in [-0.25, -0.2) is 4.79 Å². The van der Waals surface area contributed by atoms with Crippen LogP contribution in [-0.4, -0.2) is 42.9 Å². The molecule has 1 amide bonds. The van der Waals surface area contributed by atoms with Gasteiger partial charge in [0, 0.05) is 18.4 Å². The van der Waals surface area contributed by atoms with Crippen molar-refractivity contribution in [3.8, 4) is 11.1 Å². The quantitative estimate of drug-likeness (QED) is 0.657. The molecular weight excluding hydrogens is 324 g/mol. The largest absolute Gasteiger partial charge is 0.445 e. The Morgan fingerprint density at radius 2 is 1.58 bits per heavy atom. The van der Waals surface area contributed by atoms with Gasteiger partial charge >= 0.3 is 6.09 Å². The van der Waals surface area contributed by atoms with Crippen molar-refractivity contribution < 1.29 is 14.0 Å². The molecule has 2 aliphatic heterocycles. The highest BCUT2D eigenvalue weighted by molar-refractivity contribution is 5.91. The first-order valence-corrected chi connectivity index (χ1v) is 9.18. The van der Waals surface area contributed by atoms with E-state index in [4.69, 9.17) is 4.74 Å². The fourth-order valence-electron chi connectivity index (χ4n) is 4.13. The Morgan fingerprint density at radius 3 is 2.27 bits per heavy atom. The summed E-state index contributed by atoms with van der Waals surface area (Å²) < 4.78 is 6.73. The van der Waals surface area contributed by atoms with Crippen molar-refractivity contribution in [2.75, 3.05) is 19.4 Å². The van der Waals surface area contributed by atoms with E-state index in [-0.39, 0.29) is 12.2 Å². The lowest BCUT2D eigenvalue weighted by Gasteiger charge is -2.43. The summed E-state index contributed by atoms with van der Waals surface area (Å²) in [6.45, 7) is 0. The van der Waals surface area contributed by atoms with Gasteiger partial charge in [0.15, 0.2) is 0 Å². The molecule has 4 nitrogen and oxygen atoms in total. The molecule has 2 heterocycles. The smallest absolute Gasteiger partial charge is 0.411 e. The van der Waals surface area contributed by atoms with E-state index in [0.717, 1.165) is 34.1 Å². The van der Waals surface area contributed by atoms with Crippen LogP contribution in [0.2, 0.25) is 0 Å². The second-order valence-electron chi connectivity index (χ2n) is 7.68. The van der Waals surface area contributed by atoms with E-state index < -0.39 is 0 Å². The van der Waals surface area contributed by atoms with Crippen LogP contribution < -0.4 is 5.32 Å². The van der Waals surface area contributed by atoms with Crippen molar-refractivity contribution in [1.82, 2.24) is 0 Å². The molecule has 1 saturated heterocycles. The number of nitrogens with one attached hydrogen (secondary N) is 1. The molecule has 26 heavy (non-hydrogen) atoms. The number of hydrogen-bond acceptors (Lipinski definition) is 2. The second kappa shape index (κ2) is 6.61. The first-order valence-electron chi connectivity index (χ1n) is 9.18. The number of carbonyl (C=O) groups excluding carboxylic acids is 1. The van der Waals surface area contributed by atoms with E-state index in [9.17, 15) is 4.79 Å². The number of piperidine rings is 1. The Hall–Kier alpha value is -2.59. The van der Waals surface area contributed by atoms with E-state index >= 15 is 0 Å². The van der Waals surface area contributed by atoms with Crippen LogP contribution in [0.5, 0.6) is 0 Å². The predicted molar refractivity (Wildman–Crippen MR) is 104 cm³/mol. The zero-order chi connectivity index (χ0) is 18.1. The molecule has 2 aromatic rings. The van der Waals surface area contributed by atoms with Gasteiger partial charge < -0.3 is 9.22 Å². The number of amides is 1. The van der Waals surface area contributed by atoms with Crippen LogP contribution in [0, 0.1) is 0 Å². The lowest BCUT2D eigenvalue weighted by atomic mass is 9.97. The molecule has 0 spiro atoms. The minimum atomic E-state index is -0.370. The van der Waals surface area contributed by atoms with E-state index in [0.29, 0.717) is 12.1 Å². The zero-order valence-electron chi connectivity index (χ0n) is 15.3. The van der Waals surface area contributed by atoms with Gasteiger partial charge in [0.1, 0.15) is 18.2 Å². The molecule has 4 rings (SSSR count). The highest BCUT2D eigenvalue weighted by atomic mass is 16.6. The van der Waals surface area contributed by atoms with Crippen molar-refractivity contribution in [2.45, 2.75) is 31.0 Å². The fourth-order valence-corrected chi connectivity index (χ4v) is 4.13. The van der Waals surface area contributed by atoms with Crippen LogP contribution in [0.4, 0.5) is 10.5 Å². The zero-order valence-corrected chi connectivity index (χ0v) is 15.3. The third-order valence-electron chi connectivity index (χ3n) is 5.80. The van der Waals surface area contributed by atoms with Gasteiger partial charge in [0.25, 0.3) is 0 Å². The van der Waals surface area contributed by atoms with Crippen LogP contribution in [0.15, 0.2) is 66.7 Å². The van der Waals surface area contributed by atoms with Crippen molar-refractivity contribution in [2.24, 2.45) is 0 Å². The molecule has 1 N–H and O–H groups in total. The fraction of sp³-hybridized carbons (Fsp3) is 0.318. The van der Waals surface area contributed by atoms with Crippen molar-refractivity contribution in [3.63, 3.8) is 0 Å². The predicted octanol–water partition coefficient (Wildman–Crippen LogP) is 4.45. The maximum atomic E-state index is 12.5. The monoisotopic (exact) mass is 349 g/mol. The number of carbonyl (C=O) groups is 1. The number of anilines is 1. The number of nitrogens with zero attached hydrogens (tertiary/aromatic N) is 1. The normalized spacial score (nSPS) is 25.7. The first kappa shape index (κ1) is 16.9. The highest BCUT2D eigenvalue weighted by Gasteiger charge is 2.46. The number of likely N-dealkylation sites (N-methyl/N-ethyl adjacent to an activating group) is 1. The van der Waals surface area contributed by atoms with E-state index in [2.05, 4.69) is 31.6 Å². The van der Waals surface area contributed by atoms with Crippen LogP contribution in [0.1, 0.15) is 12.8 Å². The summed E-state index contributed by atoms with van der Waals surface area (Å²) in [6.07, 6.45) is 5.91. The maximum Gasteiger partial charge on any atom is 0.411 e. The number of benzene rings is 2. The molecule has 2 bridgehead atoms. The van der Waals surface area contributed by atoms with Crippen molar-refractivity contribution in [3.05, 3.63) is 66.7 Å². The average Bonchev–Trinajstić information content (AvgIpc) is 2.80. The minimum Gasteiger partial charge on any atom is -0.445 e. The van der Waals surface area contributed by atoms with Gasteiger partial charge in [-0.15, -0.1) is 0 Å². The second-order valence-corrected chi connectivity index (χ2v) is 7.68. The third kappa shape index (κ3) is 3.13. The topological polar surface area (TPSA) is 38.3 Å². The molecule has 2 aromatic carbocycles. The number of para-hydroxylation sites is 1.